The molecule has 2 heterocycles. The Labute approximate surface area is 91.5 Å². The third kappa shape index (κ3) is 1.11. The Kier molecular flexibility index (Phi) is 1.73. The average Bonchev–Trinajstić information content (AvgIpc) is 2.76. The number of para-hydroxylation sites is 1. The van der Waals surface area contributed by atoms with Crippen LogP contribution in [0.5, 0.6) is 0 Å². The van der Waals surface area contributed by atoms with Gasteiger partial charge in [0.15, 0.2) is 0 Å². The number of nitrogens with zero attached hydrogens (tertiary/aromatic N) is 3. The van der Waals surface area contributed by atoms with E-state index in [0.717, 1.165) is 11.3 Å². The van der Waals surface area contributed by atoms with Gasteiger partial charge in [-0.3, -0.25) is 4.90 Å². The summed E-state index contributed by atoms with van der Waals surface area (Å²) in [5.41, 5.74) is 1.90. The predicted octanol–water partition coefficient (Wildman–Crippen LogP) is 1.87. The van der Waals surface area contributed by atoms with Crippen LogP contribution < -0.4 is 4.90 Å². The highest BCUT2D eigenvalue weighted by molar-refractivity contribution is 5.86. The van der Waals surface area contributed by atoms with Crippen molar-refractivity contribution < 1.29 is 9.90 Å². The van der Waals surface area contributed by atoms with Gasteiger partial charge < -0.3 is 5.11 Å². The molecule has 1 amide bonds. The van der Waals surface area contributed by atoms with Gasteiger partial charge in [-0.2, -0.15) is 5.10 Å². The maximum Gasteiger partial charge on any atom is 0.413 e. The minimum Gasteiger partial charge on any atom is -0.465 e. The molecule has 1 aliphatic rings. The Morgan fingerprint density at radius 3 is 2.94 bits per heavy atom. The molecular weight excluding hydrogens is 206 g/mol. The van der Waals surface area contributed by atoms with Gasteiger partial charge in [0.2, 0.25) is 0 Å². The minimum atomic E-state index is -0.962. The van der Waals surface area contributed by atoms with E-state index in [0.29, 0.717) is 12.4 Å². The van der Waals surface area contributed by atoms with E-state index in [-0.39, 0.29) is 0 Å². The third-order valence-corrected chi connectivity index (χ3v) is 2.68. The summed E-state index contributed by atoms with van der Waals surface area (Å²) in [4.78, 5) is 12.4. The van der Waals surface area contributed by atoms with Crippen molar-refractivity contribution in [3.05, 3.63) is 42.1 Å². The van der Waals surface area contributed by atoms with E-state index in [4.69, 9.17) is 5.11 Å². The minimum absolute atomic E-state index is 0.372. The first-order valence-corrected chi connectivity index (χ1v) is 4.90. The Morgan fingerprint density at radius 2 is 2.12 bits per heavy atom. The fourth-order valence-electron chi connectivity index (χ4n) is 1.95. The largest absolute Gasteiger partial charge is 0.465 e. The van der Waals surface area contributed by atoms with Gasteiger partial charge in [-0.25, -0.2) is 9.48 Å². The number of hydrogen-bond acceptors (Lipinski definition) is 2. The number of hydrogen-bond donors (Lipinski definition) is 1. The van der Waals surface area contributed by atoms with Crippen molar-refractivity contribution in [2.75, 3.05) is 4.90 Å². The molecule has 5 heteroatoms. The Hall–Kier alpha value is -2.30. The van der Waals surface area contributed by atoms with Gasteiger partial charge in [0.1, 0.15) is 5.82 Å². The molecule has 0 spiro atoms. The molecule has 0 bridgehead atoms. The monoisotopic (exact) mass is 215 g/mol. The lowest BCUT2D eigenvalue weighted by Gasteiger charge is -2.26. The predicted molar refractivity (Wildman–Crippen MR) is 57.8 cm³/mol. The molecule has 1 aromatic heterocycles. The van der Waals surface area contributed by atoms with E-state index in [9.17, 15) is 4.79 Å². The highest BCUT2D eigenvalue weighted by Crippen LogP contribution is 2.29. The molecule has 2 aromatic rings. The summed E-state index contributed by atoms with van der Waals surface area (Å²) in [6.07, 6.45) is 0.643. The molecule has 80 valence electrons. The lowest BCUT2D eigenvalue weighted by Crippen LogP contribution is -2.34. The van der Waals surface area contributed by atoms with Crippen LogP contribution in [0, 0.1) is 0 Å². The van der Waals surface area contributed by atoms with Crippen LogP contribution in [0.1, 0.15) is 5.56 Å². The molecule has 3 rings (SSSR count). The standard InChI is InChI=1S/C11H9N3O2/c15-11(16)13-7-8-3-1-2-4-9(8)14-10(13)5-6-12-14/h1-6H,7H2,(H,15,16). The maximum absolute atomic E-state index is 11.1. The molecule has 0 unspecified atom stereocenters. The van der Waals surface area contributed by atoms with Crippen LogP contribution in [0.4, 0.5) is 10.6 Å². The molecule has 1 aliphatic heterocycles. The lowest BCUT2D eigenvalue weighted by molar-refractivity contribution is 0.201. The molecule has 0 fully saturated rings. The molecule has 0 atom stereocenters. The van der Waals surface area contributed by atoms with Gasteiger partial charge in [-0.15, -0.1) is 0 Å². The van der Waals surface area contributed by atoms with Crippen molar-refractivity contribution in [1.29, 1.82) is 0 Å². The molecule has 0 saturated carbocycles. The highest BCUT2D eigenvalue weighted by Gasteiger charge is 2.26. The van der Waals surface area contributed by atoms with Crippen LogP contribution in [0.2, 0.25) is 0 Å². The van der Waals surface area contributed by atoms with Crippen LogP contribution in [0.25, 0.3) is 5.69 Å². The number of aromatic nitrogens is 2. The normalized spacial score (nSPS) is 13.1. The van der Waals surface area contributed by atoms with Gasteiger partial charge in [-0.1, -0.05) is 18.2 Å². The molecule has 16 heavy (non-hydrogen) atoms. The summed E-state index contributed by atoms with van der Waals surface area (Å²) in [5, 5.41) is 13.3. The zero-order valence-electron chi connectivity index (χ0n) is 8.37. The zero-order valence-corrected chi connectivity index (χ0v) is 8.37. The van der Waals surface area contributed by atoms with Gasteiger partial charge >= 0.3 is 6.09 Å². The summed E-state index contributed by atoms with van der Waals surface area (Å²) in [6, 6.07) is 9.36. The van der Waals surface area contributed by atoms with Gasteiger partial charge in [0, 0.05) is 6.07 Å². The maximum atomic E-state index is 11.1. The number of fused-ring (bicyclic) bond motifs is 3. The Balaban J connectivity index is 2.23. The topological polar surface area (TPSA) is 58.4 Å². The first kappa shape index (κ1) is 8.96. The van der Waals surface area contributed by atoms with Crippen molar-refractivity contribution >= 4 is 11.9 Å². The van der Waals surface area contributed by atoms with Crippen molar-refractivity contribution in [1.82, 2.24) is 9.78 Å². The van der Waals surface area contributed by atoms with E-state index in [1.165, 1.54) is 4.90 Å². The Morgan fingerprint density at radius 1 is 1.31 bits per heavy atom. The van der Waals surface area contributed by atoms with Crippen LogP contribution in [0.15, 0.2) is 36.5 Å². The van der Waals surface area contributed by atoms with Crippen molar-refractivity contribution in [2.24, 2.45) is 0 Å². The highest BCUT2D eigenvalue weighted by atomic mass is 16.4. The molecule has 5 nitrogen and oxygen atoms in total. The number of carboxylic acid groups (broad SMARTS) is 1. The van der Waals surface area contributed by atoms with Gasteiger partial charge in [-0.05, 0) is 11.6 Å². The summed E-state index contributed by atoms with van der Waals surface area (Å²) < 4.78 is 1.65. The van der Waals surface area contributed by atoms with E-state index in [1.807, 2.05) is 24.3 Å². The summed E-state index contributed by atoms with van der Waals surface area (Å²) in [5.74, 6) is 0.589. The number of carbonyl (C=O) groups is 1. The Bertz CT molecular complexity index is 562. The molecule has 0 aliphatic carbocycles. The SMILES string of the molecule is O=C(O)N1Cc2ccccc2-n2nccc21. The van der Waals surface area contributed by atoms with Gasteiger partial charge in [0.05, 0.1) is 18.4 Å². The van der Waals surface area contributed by atoms with E-state index in [2.05, 4.69) is 5.10 Å². The number of anilines is 1. The van der Waals surface area contributed by atoms with E-state index in [1.54, 1.807) is 16.9 Å². The number of benzene rings is 1. The van der Waals surface area contributed by atoms with Crippen molar-refractivity contribution in [2.45, 2.75) is 6.54 Å². The number of amides is 1. The first-order valence-electron chi connectivity index (χ1n) is 4.90. The molecular formula is C11H9N3O2. The third-order valence-electron chi connectivity index (χ3n) is 2.68. The summed E-state index contributed by atoms with van der Waals surface area (Å²) in [6.45, 7) is 0.372. The van der Waals surface area contributed by atoms with Crippen molar-refractivity contribution in [3.8, 4) is 5.69 Å². The second kappa shape index (κ2) is 3.10. The fourth-order valence-corrected chi connectivity index (χ4v) is 1.95. The lowest BCUT2D eigenvalue weighted by atomic mass is 10.1. The smallest absolute Gasteiger partial charge is 0.413 e. The van der Waals surface area contributed by atoms with E-state index >= 15 is 0 Å². The summed E-state index contributed by atoms with van der Waals surface area (Å²) in [7, 11) is 0. The second-order valence-electron chi connectivity index (χ2n) is 3.60. The van der Waals surface area contributed by atoms with Crippen molar-refractivity contribution in [3.63, 3.8) is 0 Å². The zero-order chi connectivity index (χ0) is 11.1. The molecule has 1 N–H and O–H groups in total. The first-order chi connectivity index (χ1) is 7.77. The van der Waals surface area contributed by atoms with Crippen LogP contribution in [0.3, 0.4) is 0 Å². The quantitative estimate of drug-likeness (QED) is 0.729. The molecule has 1 aromatic carbocycles. The average molecular weight is 215 g/mol. The summed E-state index contributed by atoms with van der Waals surface area (Å²) >= 11 is 0. The van der Waals surface area contributed by atoms with Crippen LogP contribution >= 0.6 is 0 Å². The van der Waals surface area contributed by atoms with Crippen LogP contribution in [-0.2, 0) is 6.54 Å². The second-order valence-corrected chi connectivity index (χ2v) is 3.60. The molecule has 0 radical (unpaired) electrons. The molecule has 0 saturated heterocycles. The fraction of sp³-hybridized carbons (Fsp3) is 0.0909. The number of rotatable bonds is 0. The van der Waals surface area contributed by atoms with Gasteiger partial charge in [0.25, 0.3) is 0 Å². The van der Waals surface area contributed by atoms with E-state index < -0.39 is 6.09 Å². The van der Waals surface area contributed by atoms with Crippen LogP contribution in [-0.4, -0.2) is 21.0 Å².